The third kappa shape index (κ3) is 3.92. The Morgan fingerprint density at radius 2 is 1.46 bits per heavy atom. The van der Waals surface area contributed by atoms with Crippen LogP contribution in [0.2, 0.25) is 0 Å². The summed E-state index contributed by atoms with van der Waals surface area (Å²) in [6.45, 7) is 18.4. The van der Waals surface area contributed by atoms with Gasteiger partial charge in [-0.15, -0.1) is 0 Å². The first-order valence-electron chi connectivity index (χ1n) is 10.8. The molecule has 0 spiro atoms. The van der Waals surface area contributed by atoms with Crippen LogP contribution in [0.15, 0.2) is 30.3 Å². The molecule has 1 aliphatic carbocycles. The minimum atomic E-state index is 0.129. The zero-order valence-corrected chi connectivity index (χ0v) is 19.4. The summed E-state index contributed by atoms with van der Waals surface area (Å²) >= 11 is 0. The summed E-state index contributed by atoms with van der Waals surface area (Å²) in [6, 6.07) is 12.1. The van der Waals surface area contributed by atoms with Crippen LogP contribution in [0, 0.1) is 5.92 Å². The number of hydrogen-bond acceptors (Lipinski definition) is 1. The molecule has 0 saturated carbocycles. The van der Waals surface area contributed by atoms with E-state index >= 15 is 0 Å². The molecule has 0 heterocycles. The molecule has 1 unspecified atom stereocenters. The van der Waals surface area contributed by atoms with Gasteiger partial charge in [0.15, 0.2) is 0 Å². The third-order valence-electron chi connectivity index (χ3n) is 6.33. The van der Waals surface area contributed by atoms with Crippen LogP contribution in [0.1, 0.15) is 89.3 Å². The molecular weight excluding hydrogens is 340 g/mol. The van der Waals surface area contributed by atoms with Gasteiger partial charge in [-0.25, -0.2) is 0 Å². The third-order valence-corrected chi connectivity index (χ3v) is 6.33. The number of ether oxygens (including phenoxy) is 1. The van der Waals surface area contributed by atoms with E-state index in [2.05, 4.69) is 85.7 Å². The van der Waals surface area contributed by atoms with Gasteiger partial charge in [0, 0.05) is 7.11 Å². The number of methoxy groups -OCH3 is 1. The van der Waals surface area contributed by atoms with Crippen LogP contribution < -0.4 is 0 Å². The van der Waals surface area contributed by atoms with E-state index in [1.165, 1.54) is 38.9 Å². The molecule has 2 aromatic rings. The quantitative estimate of drug-likeness (QED) is 0.541. The van der Waals surface area contributed by atoms with E-state index in [9.17, 15) is 0 Å². The maximum atomic E-state index is 5.90. The fraction of sp³-hybridized carbons (Fsp3) is 0.556. The second-order valence-electron chi connectivity index (χ2n) is 10.7. The van der Waals surface area contributed by atoms with Crippen molar-refractivity contribution in [3.05, 3.63) is 58.1 Å². The monoisotopic (exact) mass is 378 g/mol. The number of hydrogen-bond donors (Lipinski definition) is 0. The van der Waals surface area contributed by atoms with Crippen molar-refractivity contribution in [2.75, 3.05) is 7.11 Å². The van der Waals surface area contributed by atoms with Crippen LogP contribution in [-0.4, -0.2) is 7.11 Å². The lowest BCUT2D eigenvalue weighted by atomic mass is 9.78. The maximum Gasteiger partial charge on any atom is 0.0852 e. The second-order valence-corrected chi connectivity index (χ2v) is 10.7. The lowest BCUT2D eigenvalue weighted by molar-refractivity contribution is 0.0695. The molecule has 0 amide bonds. The Morgan fingerprint density at radius 3 is 1.93 bits per heavy atom. The largest absolute Gasteiger partial charge is 0.376 e. The summed E-state index contributed by atoms with van der Waals surface area (Å²) < 4.78 is 5.90. The van der Waals surface area contributed by atoms with Crippen molar-refractivity contribution < 1.29 is 4.74 Å². The zero-order valence-electron chi connectivity index (χ0n) is 19.4. The van der Waals surface area contributed by atoms with Gasteiger partial charge in [-0.2, -0.15) is 0 Å². The maximum absolute atomic E-state index is 5.90. The molecule has 1 heteroatoms. The van der Waals surface area contributed by atoms with E-state index in [0.29, 0.717) is 5.92 Å². The molecule has 0 aromatic heterocycles. The highest BCUT2D eigenvalue weighted by molar-refractivity contribution is 5.73. The molecule has 0 aliphatic heterocycles. The van der Waals surface area contributed by atoms with Crippen LogP contribution in [0.4, 0.5) is 0 Å². The topological polar surface area (TPSA) is 9.23 Å². The molecular formula is C27H38O. The molecule has 1 aliphatic rings. The predicted molar refractivity (Wildman–Crippen MR) is 121 cm³/mol. The Morgan fingerprint density at radius 1 is 0.893 bits per heavy atom. The highest BCUT2D eigenvalue weighted by Gasteiger charge is 2.32. The van der Waals surface area contributed by atoms with Gasteiger partial charge < -0.3 is 4.74 Å². The average Bonchev–Trinajstić information content (AvgIpc) is 2.93. The minimum Gasteiger partial charge on any atom is -0.376 e. The summed E-state index contributed by atoms with van der Waals surface area (Å²) in [5.41, 5.74) is 10.2. The molecule has 0 N–H and O–H groups in total. The highest BCUT2D eigenvalue weighted by atomic mass is 16.5. The van der Waals surface area contributed by atoms with Gasteiger partial charge in [-0.3, -0.25) is 0 Å². The Hall–Kier alpha value is -1.60. The summed E-state index contributed by atoms with van der Waals surface area (Å²) in [7, 11) is 1.85. The van der Waals surface area contributed by atoms with Crippen LogP contribution in [0.3, 0.4) is 0 Å². The van der Waals surface area contributed by atoms with E-state index in [0.717, 1.165) is 12.8 Å². The number of aryl methyl sites for hydroxylation is 1. The SMILES string of the molecule is CCc1cc(-c2cc(C(C)(C)C)cc(C(C)(C)C)c2)c2c(c1)[C@H](OC)C(C)C2. The lowest BCUT2D eigenvalue weighted by Gasteiger charge is -2.27. The average molecular weight is 379 g/mol. The Balaban J connectivity index is 2.28. The van der Waals surface area contributed by atoms with Crippen molar-refractivity contribution in [2.24, 2.45) is 5.92 Å². The fourth-order valence-corrected chi connectivity index (χ4v) is 4.44. The van der Waals surface area contributed by atoms with Crippen LogP contribution in [0.25, 0.3) is 11.1 Å². The molecule has 0 fully saturated rings. The van der Waals surface area contributed by atoms with Gasteiger partial charge in [-0.05, 0) is 68.5 Å². The summed E-state index contributed by atoms with van der Waals surface area (Å²) in [4.78, 5) is 0. The van der Waals surface area contributed by atoms with Crippen molar-refractivity contribution in [1.82, 2.24) is 0 Å². The molecule has 0 bridgehead atoms. The molecule has 2 aromatic carbocycles. The molecule has 2 atom stereocenters. The van der Waals surface area contributed by atoms with Gasteiger partial charge >= 0.3 is 0 Å². The van der Waals surface area contributed by atoms with Gasteiger partial charge in [0.25, 0.3) is 0 Å². The Bertz CT molecular complexity index is 829. The normalized spacial score (nSPS) is 19.8. The molecule has 1 nitrogen and oxygen atoms in total. The number of fused-ring (bicyclic) bond motifs is 1. The summed E-state index contributed by atoms with van der Waals surface area (Å²) in [5.74, 6) is 0.527. The van der Waals surface area contributed by atoms with Gasteiger partial charge in [0.05, 0.1) is 6.10 Å². The van der Waals surface area contributed by atoms with Crippen molar-refractivity contribution in [1.29, 1.82) is 0 Å². The molecule has 3 rings (SSSR count). The zero-order chi connectivity index (χ0) is 20.9. The van der Waals surface area contributed by atoms with Crippen molar-refractivity contribution in [2.45, 2.75) is 85.2 Å². The Labute approximate surface area is 172 Å². The van der Waals surface area contributed by atoms with Crippen molar-refractivity contribution in [3.8, 4) is 11.1 Å². The number of rotatable bonds is 3. The van der Waals surface area contributed by atoms with Gasteiger partial charge in [0.1, 0.15) is 0 Å². The first-order chi connectivity index (χ1) is 13.0. The second kappa shape index (κ2) is 7.34. The summed E-state index contributed by atoms with van der Waals surface area (Å²) in [6.07, 6.45) is 2.36. The van der Waals surface area contributed by atoms with E-state index in [1.807, 2.05) is 7.11 Å². The smallest absolute Gasteiger partial charge is 0.0852 e. The number of benzene rings is 2. The van der Waals surface area contributed by atoms with Crippen molar-refractivity contribution >= 4 is 0 Å². The van der Waals surface area contributed by atoms with E-state index in [1.54, 1.807) is 0 Å². The van der Waals surface area contributed by atoms with Crippen LogP contribution in [0.5, 0.6) is 0 Å². The first kappa shape index (κ1) is 21.1. The van der Waals surface area contributed by atoms with E-state index in [-0.39, 0.29) is 16.9 Å². The standard InChI is InChI=1S/C27H38O/c1-10-18-12-22(23-11-17(2)25(28-9)24(23)13-18)19-14-20(26(3,4)5)16-21(15-19)27(6,7)8/h12-17,25H,10-11H2,1-9H3/t17?,25-/m1/s1. The lowest BCUT2D eigenvalue weighted by Crippen LogP contribution is -2.16. The van der Waals surface area contributed by atoms with E-state index < -0.39 is 0 Å². The Kier molecular flexibility index (Phi) is 5.53. The first-order valence-corrected chi connectivity index (χ1v) is 10.8. The van der Waals surface area contributed by atoms with E-state index in [4.69, 9.17) is 4.74 Å². The van der Waals surface area contributed by atoms with Crippen molar-refractivity contribution in [3.63, 3.8) is 0 Å². The minimum absolute atomic E-state index is 0.129. The molecule has 152 valence electrons. The van der Waals surface area contributed by atoms with Gasteiger partial charge in [0.2, 0.25) is 0 Å². The van der Waals surface area contributed by atoms with Gasteiger partial charge in [-0.1, -0.05) is 85.7 Å². The predicted octanol–water partition coefficient (Wildman–Crippen LogP) is 7.39. The van der Waals surface area contributed by atoms with Crippen LogP contribution in [-0.2, 0) is 28.4 Å². The highest BCUT2D eigenvalue weighted by Crippen LogP contribution is 2.44. The summed E-state index contributed by atoms with van der Waals surface area (Å²) in [5, 5.41) is 0. The molecule has 0 radical (unpaired) electrons. The van der Waals surface area contributed by atoms with Crippen LogP contribution >= 0.6 is 0 Å². The molecule has 28 heavy (non-hydrogen) atoms. The fourth-order valence-electron chi connectivity index (χ4n) is 4.44. The molecule has 0 saturated heterocycles.